The highest BCUT2D eigenvalue weighted by Gasteiger charge is 2.34. The molecule has 8 heteroatoms. The van der Waals surface area contributed by atoms with Gasteiger partial charge in [0.1, 0.15) is 11.6 Å². The number of hydrogen-bond donors (Lipinski definition) is 1. The molecule has 1 aromatic heterocycles. The Kier molecular flexibility index (Phi) is 6.53. The van der Waals surface area contributed by atoms with Gasteiger partial charge < -0.3 is 15.0 Å². The molecule has 3 rings (SSSR count). The zero-order valence-electron chi connectivity index (χ0n) is 17.3. The van der Waals surface area contributed by atoms with Crippen molar-refractivity contribution in [3.05, 3.63) is 53.2 Å². The van der Waals surface area contributed by atoms with Gasteiger partial charge in [0.05, 0.1) is 17.7 Å². The van der Waals surface area contributed by atoms with Crippen molar-refractivity contribution in [2.24, 2.45) is 0 Å². The van der Waals surface area contributed by atoms with Crippen molar-refractivity contribution in [1.82, 2.24) is 9.88 Å². The summed E-state index contributed by atoms with van der Waals surface area (Å²) in [6, 6.07) is 7.59. The summed E-state index contributed by atoms with van der Waals surface area (Å²) in [7, 11) is 0. The van der Waals surface area contributed by atoms with Gasteiger partial charge in [0, 0.05) is 24.8 Å². The van der Waals surface area contributed by atoms with E-state index in [1.807, 2.05) is 39.0 Å². The third-order valence-electron chi connectivity index (χ3n) is 5.34. The number of likely N-dealkylation sites (tertiary alicyclic amines) is 1. The molecule has 1 N–H and O–H groups in total. The number of halogens is 3. The molecule has 1 aromatic carbocycles. The number of amides is 1. The number of rotatable bonds is 5. The maximum absolute atomic E-state index is 13.3. The molecule has 5 nitrogen and oxygen atoms in total. The van der Waals surface area contributed by atoms with E-state index in [-0.39, 0.29) is 18.0 Å². The highest BCUT2D eigenvalue weighted by Crippen LogP contribution is 2.30. The predicted molar refractivity (Wildman–Crippen MR) is 109 cm³/mol. The maximum atomic E-state index is 13.3. The topological polar surface area (TPSA) is 54.5 Å². The van der Waals surface area contributed by atoms with Gasteiger partial charge in [-0.05, 0) is 57.9 Å². The molecule has 0 spiro atoms. The Bertz CT molecular complexity index is 884. The van der Waals surface area contributed by atoms with Crippen LogP contribution in [0.25, 0.3) is 0 Å². The van der Waals surface area contributed by atoms with Gasteiger partial charge in [-0.3, -0.25) is 4.79 Å². The average molecular weight is 421 g/mol. The van der Waals surface area contributed by atoms with E-state index < -0.39 is 11.7 Å². The molecule has 0 bridgehead atoms. The molecule has 1 fully saturated rings. The van der Waals surface area contributed by atoms with Crippen LogP contribution in [0.2, 0.25) is 0 Å². The number of anilines is 1. The minimum Gasteiger partial charge on any atom is -0.493 e. The van der Waals surface area contributed by atoms with E-state index in [2.05, 4.69) is 10.3 Å². The lowest BCUT2D eigenvalue weighted by Crippen LogP contribution is -2.52. The number of aromatic nitrogens is 1. The van der Waals surface area contributed by atoms with E-state index in [9.17, 15) is 18.0 Å². The van der Waals surface area contributed by atoms with Crippen molar-refractivity contribution < 1.29 is 22.7 Å². The molecule has 1 aliphatic heterocycles. The van der Waals surface area contributed by atoms with Gasteiger partial charge in [0.2, 0.25) is 0 Å². The summed E-state index contributed by atoms with van der Waals surface area (Å²) in [5.74, 6) is 0.807. The van der Waals surface area contributed by atoms with E-state index in [0.717, 1.165) is 30.7 Å². The third-order valence-corrected chi connectivity index (χ3v) is 5.34. The van der Waals surface area contributed by atoms with Crippen LogP contribution in [0.1, 0.15) is 48.2 Å². The fourth-order valence-electron chi connectivity index (χ4n) is 3.71. The van der Waals surface area contributed by atoms with E-state index in [1.54, 1.807) is 4.90 Å². The first kappa shape index (κ1) is 21.9. The van der Waals surface area contributed by atoms with Gasteiger partial charge in [0.15, 0.2) is 0 Å². The van der Waals surface area contributed by atoms with Crippen molar-refractivity contribution in [3.63, 3.8) is 0 Å². The highest BCUT2D eigenvalue weighted by molar-refractivity contribution is 5.97. The van der Waals surface area contributed by atoms with E-state index in [1.165, 1.54) is 6.07 Å². The van der Waals surface area contributed by atoms with Crippen LogP contribution in [0.5, 0.6) is 5.75 Å². The zero-order valence-corrected chi connectivity index (χ0v) is 17.3. The lowest BCUT2D eigenvalue weighted by molar-refractivity contribution is -0.137. The van der Waals surface area contributed by atoms with Crippen LogP contribution in [0, 0.1) is 6.92 Å². The Balaban J connectivity index is 1.76. The van der Waals surface area contributed by atoms with Crippen molar-refractivity contribution in [2.75, 3.05) is 18.5 Å². The molecular weight excluding hydrogens is 395 g/mol. The molecule has 0 aliphatic carbocycles. The van der Waals surface area contributed by atoms with Crippen LogP contribution in [-0.4, -0.2) is 41.0 Å². The molecule has 0 saturated carbocycles. The van der Waals surface area contributed by atoms with E-state index >= 15 is 0 Å². The monoisotopic (exact) mass is 421 g/mol. The standard InChI is InChI=1S/C22H26F3N3O2/c1-4-30-19-9-7-14(2)12-17(19)21(29)28-11-5-6-18(15(28)3)27-20-10-8-16(13-26-20)22(23,24)25/h7-10,12-13,15,18H,4-6,11H2,1-3H3,(H,26,27)/t15-,18+/m0/s1. The summed E-state index contributed by atoms with van der Waals surface area (Å²) in [5.41, 5.74) is 0.705. The van der Waals surface area contributed by atoms with Crippen LogP contribution in [-0.2, 0) is 6.18 Å². The number of carbonyl (C=O) groups is 1. The molecule has 1 amide bonds. The Morgan fingerprint density at radius 3 is 2.70 bits per heavy atom. The van der Waals surface area contributed by atoms with Gasteiger partial charge in [0.25, 0.3) is 5.91 Å². The van der Waals surface area contributed by atoms with Gasteiger partial charge in [-0.25, -0.2) is 4.98 Å². The average Bonchev–Trinajstić information content (AvgIpc) is 2.70. The molecule has 0 radical (unpaired) electrons. The minimum absolute atomic E-state index is 0.110. The van der Waals surface area contributed by atoms with Crippen LogP contribution in [0.3, 0.4) is 0 Å². The van der Waals surface area contributed by atoms with Crippen molar-refractivity contribution >= 4 is 11.7 Å². The second kappa shape index (κ2) is 8.93. The third kappa shape index (κ3) is 4.86. The summed E-state index contributed by atoms with van der Waals surface area (Å²) in [4.78, 5) is 19.0. The fraction of sp³-hybridized carbons (Fsp3) is 0.455. The van der Waals surface area contributed by atoms with E-state index in [0.29, 0.717) is 30.3 Å². The molecule has 162 valence electrons. The SMILES string of the molecule is CCOc1ccc(C)cc1C(=O)N1CCC[C@@H](Nc2ccc(C(F)(F)F)cn2)[C@@H]1C. The zero-order chi connectivity index (χ0) is 21.9. The van der Waals surface area contributed by atoms with Crippen LogP contribution in [0.4, 0.5) is 19.0 Å². The molecule has 2 heterocycles. The van der Waals surface area contributed by atoms with Crippen molar-refractivity contribution in [1.29, 1.82) is 0 Å². The molecule has 2 atom stereocenters. The molecule has 30 heavy (non-hydrogen) atoms. The summed E-state index contributed by atoms with van der Waals surface area (Å²) < 4.78 is 43.9. The first-order valence-corrected chi connectivity index (χ1v) is 10.0. The number of nitrogens with one attached hydrogen (secondary N) is 1. The molecule has 2 aromatic rings. The first-order valence-electron chi connectivity index (χ1n) is 10.0. The van der Waals surface area contributed by atoms with Crippen LogP contribution >= 0.6 is 0 Å². The smallest absolute Gasteiger partial charge is 0.417 e. The molecule has 1 aliphatic rings. The van der Waals surface area contributed by atoms with Gasteiger partial charge >= 0.3 is 6.18 Å². The molecule has 1 saturated heterocycles. The van der Waals surface area contributed by atoms with Gasteiger partial charge in [-0.2, -0.15) is 13.2 Å². The second-order valence-corrected chi connectivity index (χ2v) is 7.49. The van der Waals surface area contributed by atoms with E-state index in [4.69, 9.17) is 4.74 Å². The van der Waals surface area contributed by atoms with Crippen molar-refractivity contribution in [2.45, 2.75) is 51.9 Å². The number of nitrogens with zero attached hydrogens (tertiary/aromatic N) is 2. The number of ether oxygens (including phenoxy) is 1. The highest BCUT2D eigenvalue weighted by atomic mass is 19.4. The Morgan fingerprint density at radius 2 is 2.07 bits per heavy atom. The van der Waals surface area contributed by atoms with Crippen LogP contribution in [0.15, 0.2) is 36.5 Å². The Hall–Kier alpha value is -2.77. The fourth-order valence-corrected chi connectivity index (χ4v) is 3.71. The predicted octanol–water partition coefficient (Wildman–Crippen LogP) is 4.91. The van der Waals surface area contributed by atoms with Crippen LogP contribution < -0.4 is 10.1 Å². The summed E-state index contributed by atoms with van der Waals surface area (Å²) >= 11 is 0. The maximum Gasteiger partial charge on any atom is 0.417 e. The minimum atomic E-state index is -4.42. The Labute approximate surface area is 174 Å². The number of aryl methyl sites for hydroxylation is 1. The number of pyridine rings is 1. The normalized spacial score (nSPS) is 19.5. The number of benzene rings is 1. The summed E-state index contributed by atoms with van der Waals surface area (Å²) in [6.07, 6.45) is -2.03. The summed E-state index contributed by atoms with van der Waals surface area (Å²) in [5, 5.41) is 3.19. The summed E-state index contributed by atoms with van der Waals surface area (Å²) in [6.45, 7) is 6.80. The number of alkyl halides is 3. The first-order chi connectivity index (χ1) is 14.2. The Morgan fingerprint density at radius 1 is 1.30 bits per heavy atom. The lowest BCUT2D eigenvalue weighted by Gasteiger charge is -2.40. The molecule has 0 unspecified atom stereocenters. The quantitative estimate of drug-likeness (QED) is 0.745. The number of carbonyl (C=O) groups excluding carboxylic acids is 1. The number of hydrogen-bond acceptors (Lipinski definition) is 4. The van der Waals surface area contributed by atoms with Crippen molar-refractivity contribution in [3.8, 4) is 5.75 Å². The second-order valence-electron chi connectivity index (χ2n) is 7.49. The largest absolute Gasteiger partial charge is 0.493 e. The lowest BCUT2D eigenvalue weighted by atomic mass is 9.96. The number of piperidine rings is 1. The van der Waals surface area contributed by atoms with Gasteiger partial charge in [-0.15, -0.1) is 0 Å². The molecular formula is C22H26F3N3O2. The van der Waals surface area contributed by atoms with Gasteiger partial charge in [-0.1, -0.05) is 11.6 Å².